The zero-order valence-corrected chi connectivity index (χ0v) is 12.8. The van der Waals surface area contributed by atoms with Crippen LogP contribution in [0.15, 0.2) is 24.4 Å². The van der Waals surface area contributed by atoms with Crippen molar-refractivity contribution in [3.05, 3.63) is 24.4 Å². The molecule has 3 aliphatic carbocycles. The van der Waals surface area contributed by atoms with Gasteiger partial charge in [0.15, 0.2) is 0 Å². The first-order chi connectivity index (χ1) is 9.41. The fourth-order valence-corrected chi connectivity index (χ4v) is 5.86. The van der Waals surface area contributed by atoms with Gasteiger partial charge in [-0.05, 0) is 63.7 Å². The lowest BCUT2D eigenvalue weighted by Gasteiger charge is -2.38. The van der Waals surface area contributed by atoms with Crippen molar-refractivity contribution in [2.45, 2.75) is 45.6 Å². The maximum Gasteiger partial charge on any atom is 0.231 e. The molecule has 6 unspecified atom stereocenters. The van der Waals surface area contributed by atoms with Gasteiger partial charge in [-0.15, -0.1) is 0 Å². The fourth-order valence-electron chi connectivity index (χ4n) is 5.86. The van der Waals surface area contributed by atoms with Crippen molar-refractivity contribution < 1.29 is 4.79 Å². The van der Waals surface area contributed by atoms with E-state index < -0.39 is 0 Å². The highest BCUT2D eigenvalue weighted by molar-refractivity contribution is 5.86. The Kier molecular flexibility index (Phi) is 2.39. The molecule has 1 amide bonds. The second-order valence-electron chi connectivity index (χ2n) is 8.22. The van der Waals surface area contributed by atoms with Gasteiger partial charge in [-0.25, -0.2) is 0 Å². The van der Waals surface area contributed by atoms with Gasteiger partial charge in [-0.1, -0.05) is 18.7 Å². The normalized spacial score (nSPS) is 46.0. The number of hydrogen-bond acceptors (Lipinski definition) is 1. The number of allylic oxidation sites excluding steroid dienone is 3. The second kappa shape index (κ2) is 3.78. The molecule has 0 aromatic carbocycles. The molecule has 1 heterocycles. The van der Waals surface area contributed by atoms with E-state index in [9.17, 15) is 4.79 Å². The summed E-state index contributed by atoms with van der Waals surface area (Å²) in [5.74, 6) is 3.98. The van der Waals surface area contributed by atoms with E-state index in [0.29, 0.717) is 23.7 Å². The third-order valence-electron chi connectivity index (χ3n) is 6.34. The van der Waals surface area contributed by atoms with Crippen LogP contribution in [-0.2, 0) is 4.79 Å². The van der Waals surface area contributed by atoms with Gasteiger partial charge >= 0.3 is 0 Å². The first kappa shape index (κ1) is 12.7. The van der Waals surface area contributed by atoms with E-state index in [1.807, 2.05) is 4.90 Å². The molecule has 1 saturated heterocycles. The Morgan fingerprint density at radius 3 is 2.15 bits per heavy atom. The lowest BCUT2D eigenvalue weighted by atomic mass is 9.65. The molecular weight excluding hydrogens is 246 g/mol. The maximum atomic E-state index is 13.0. The second-order valence-corrected chi connectivity index (χ2v) is 8.22. The topological polar surface area (TPSA) is 20.3 Å². The summed E-state index contributed by atoms with van der Waals surface area (Å²) in [4.78, 5) is 15.0. The minimum absolute atomic E-state index is 0.124. The molecule has 108 valence electrons. The monoisotopic (exact) mass is 271 g/mol. The Morgan fingerprint density at radius 2 is 1.60 bits per heavy atom. The van der Waals surface area contributed by atoms with Crippen LogP contribution in [0.1, 0.15) is 40.0 Å². The summed E-state index contributed by atoms with van der Waals surface area (Å²) >= 11 is 0. The molecule has 0 aromatic heterocycles. The summed E-state index contributed by atoms with van der Waals surface area (Å²) < 4.78 is 0. The zero-order valence-electron chi connectivity index (χ0n) is 12.8. The van der Waals surface area contributed by atoms with Crippen LogP contribution in [0.3, 0.4) is 0 Å². The summed E-state index contributed by atoms with van der Waals surface area (Å²) in [5, 5.41) is 0. The van der Waals surface area contributed by atoms with Crippen molar-refractivity contribution in [2.75, 3.05) is 0 Å². The third kappa shape index (κ3) is 1.38. The molecule has 2 nitrogen and oxygen atoms in total. The van der Waals surface area contributed by atoms with Gasteiger partial charge in [-0.3, -0.25) is 4.79 Å². The van der Waals surface area contributed by atoms with Crippen LogP contribution in [0.25, 0.3) is 0 Å². The van der Waals surface area contributed by atoms with Crippen LogP contribution in [0.4, 0.5) is 0 Å². The first-order valence-electron chi connectivity index (χ1n) is 8.09. The zero-order chi connectivity index (χ0) is 14.2. The van der Waals surface area contributed by atoms with E-state index in [1.54, 1.807) is 0 Å². The van der Waals surface area contributed by atoms with E-state index in [1.165, 1.54) is 19.3 Å². The summed E-state index contributed by atoms with van der Waals surface area (Å²) in [5.41, 5.74) is 0.995. The van der Waals surface area contributed by atoms with E-state index in [2.05, 4.69) is 39.5 Å². The number of rotatable bonds is 0. The van der Waals surface area contributed by atoms with Crippen LogP contribution in [0.2, 0.25) is 0 Å². The largest absolute Gasteiger partial charge is 0.311 e. The lowest BCUT2D eigenvalue weighted by Crippen LogP contribution is -2.43. The van der Waals surface area contributed by atoms with Crippen LogP contribution in [0.5, 0.6) is 0 Å². The fraction of sp³-hybridized carbons (Fsp3) is 0.722. The summed E-state index contributed by atoms with van der Waals surface area (Å²) in [6.07, 6.45) is 8.40. The molecule has 2 bridgehead atoms. The number of carbonyl (C=O) groups is 1. The molecule has 4 rings (SSSR count). The van der Waals surface area contributed by atoms with Gasteiger partial charge in [-0.2, -0.15) is 0 Å². The lowest BCUT2D eigenvalue weighted by molar-refractivity contribution is -0.136. The van der Waals surface area contributed by atoms with Crippen molar-refractivity contribution in [3.8, 4) is 0 Å². The quantitative estimate of drug-likeness (QED) is 0.616. The highest BCUT2D eigenvalue weighted by atomic mass is 16.2. The molecule has 0 aromatic rings. The van der Waals surface area contributed by atoms with Gasteiger partial charge in [0.1, 0.15) is 0 Å². The van der Waals surface area contributed by atoms with E-state index in [-0.39, 0.29) is 11.5 Å². The number of hydrogen-bond donors (Lipinski definition) is 0. The molecular formula is C18H25NO. The summed E-state index contributed by atoms with van der Waals surface area (Å²) in [6, 6.07) is 0. The molecule has 2 heteroatoms. The first-order valence-corrected chi connectivity index (χ1v) is 8.09. The standard InChI is InChI=1S/C18H25NO/c1-10-15-13-9-14(12-8-6-5-7-11(12)13)16(15)17(20)19(10)18(2,3)4/h5-6,11-16H,1,7-9H2,2-4H3. The molecule has 2 saturated carbocycles. The van der Waals surface area contributed by atoms with Crippen LogP contribution in [0, 0.1) is 35.5 Å². The van der Waals surface area contributed by atoms with E-state index in [4.69, 9.17) is 0 Å². The Morgan fingerprint density at radius 1 is 1.05 bits per heavy atom. The molecule has 20 heavy (non-hydrogen) atoms. The van der Waals surface area contributed by atoms with E-state index >= 15 is 0 Å². The number of amides is 1. The molecule has 0 radical (unpaired) electrons. The van der Waals surface area contributed by atoms with Gasteiger partial charge in [0, 0.05) is 17.2 Å². The summed E-state index contributed by atoms with van der Waals surface area (Å²) in [7, 11) is 0. The Labute approximate surface area is 121 Å². The number of fused-ring (bicyclic) bond motifs is 8. The van der Waals surface area contributed by atoms with Crippen molar-refractivity contribution in [2.24, 2.45) is 35.5 Å². The average molecular weight is 271 g/mol. The van der Waals surface area contributed by atoms with E-state index in [0.717, 1.165) is 17.5 Å². The molecule has 0 spiro atoms. The highest BCUT2D eigenvalue weighted by Crippen LogP contribution is 2.66. The molecule has 4 aliphatic rings. The van der Waals surface area contributed by atoms with Gasteiger partial charge < -0.3 is 4.90 Å². The van der Waals surface area contributed by atoms with Crippen LogP contribution in [-0.4, -0.2) is 16.3 Å². The minimum Gasteiger partial charge on any atom is -0.311 e. The van der Waals surface area contributed by atoms with Crippen LogP contribution < -0.4 is 0 Å². The SMILES string of the molecule is C=C1C2C3CC(C4CC=CCC43)C2C(=O)N1C(C)(C)C. The molecule has 3 fully saturated rings. The van der Waals surface area contributed by atoms with Crippen molar-refractivity contribution in [3.63, 3.8) is 0 Å². The number of nitrogens with zero attached hydrogens (tertiary/aromatic N) is 1. The predicted molar refractivity (Wildman–Crippen MR) is 79.7 cm³/mol. The Hall–Kier alpha value is -1.05. The van der Waals surface area contributed by atoms with Crippen molar-refractivity contribution >= 4 is 5.91 Å². The summed E-state index contributed by atoms with van der Waals surface area (Å²) in [6.45, 7) is 10.7. The predicted octanol–water partition coefficient (Wildman–Crippen LogP) is 3.61. The number of likely N-dealkylation sites (tertiary alicyclic amines) is 1. The highest BCUT2D eigenvalue weighted by Gasteiger charge is 2.65. The van der Waals surface area contributed by atoms with Gasteiger partial charge in [0.05, 0.1) is 5.92 Å². The maximum absolute atomic E-state index is 13.0. The van der Waals surface area contributed by atoms with Gasteiger partial charge in [0.25, 0.3) is 0 Å². The van der Waals surface area contributed by atoms with Crippen LogP contribution >= 0.6 is 0 Å². The molecule has 1 aliphatic heterocycles. The van der Waals surface area contributed by atoms with Crippen molar-refractivity contribution in [1.82, 2.24) is 4.90 Å². The Bertz CT molecular complexity index is 474. The minimum atomic E-state index is -0.124. The number of carbonyl (C=O) groups excluding carboxylic acids is 1. The Balaban J connectivity index is 1.72. The third-order valence-corrected chi connectivity index (χ3v) is 6.34. The van der Waals surface area contributed by atoms with Crippen molar-refractivity contribution in [1.29, 1.82) is 0 Å². The van der Waals surface area contributed by atoms with Gasteiger partial charge in [0.2, 0.25) is 5.91 Å². The average Bonchev–Trinajstić information content (AvgIpc) is 2.99. The molecule has 6 atom stereocenters. The smallest absolute Gasteiger partial charge is 0.231 e. The molecule has 0 N–H and O–H groups in total.